The Morgan fingerprint density at radius 1 is 1.43 bits per heavy atom. The molecule has 2 atom stereocenters. The van der Waals surface area contributed by atoms with E-state index in [2.05, 4.69) is 33.0 Å². The summed E-state index contributed by atoms with van der Waals surface area (Å²) in [6, 6.07) is 8.49. The van der Waals surface area contributed by atoms with E-state index in [0.717, 1.165) is 22.9 Å². The highest BCUT2D eigenvalue weighted by Crippen LogP contribution is 2.33. The molecule has 0 spiro atoms. The molecule has 0 radical (unpaired) electrons. The van der Waals surface area contributed by atoms with Gasteiger partial charge in [0.05, 0.1) is 12.6 Å². The molecular weight excluding hydrogens is 330 g/mol. The van der Waals surface area contributed by atoms with Crippen LogP contribution in [0.1, 0.15) is 44.2 Å². The van der Waals surface area contributed by atoms with Gasteiger partial charge in [-0.05, 0) is 37.5 Å². The lowest BCUT2D eigenvalue weighted by Gasteiger charge is -2.38. The van der Waals surface area contributed by atoms with E-state index in [4.69, 9.17) is 11.5 Å². The molecule has 1 amide bonds. The lowest BCUT2D eigenvalue weighted by molar-refractivity contribution is -0.120. The third-order valence-corrected chi connectivity index (χ3v) is 4.67. The van der Waals surface area contributed by atoms with Crippen LogP contribution in [0.3, 0.4) is 0 Å². The first kappa shape index (κ1) is 16.5. The van der Waals surface area contributed by atoms with Crippen molar-refractivity contribution < 1.29 is 4.79 Å². The topological polar surface area (TPSA) is 72.3 Å². The van der Waals surface area contributed by atoms with Crippen molar-refractivity contribution in [1.82, 2.24) is 4.90 Å². The number of benzene rings is 1. The van der Waals surface area contributed by atoms with Crippen molar-refractivity contribution >= 4 is 21.8 Å². The predicted molar refractivity (Wildman–Crippen MR) is 88.7 cm³/mol. The highest BCUT2D eigenvalue weighted by molar-refractivity contribution is 9.10. The molecule has 1 aliphatic rings. The lowest BCUT2D eigenvalue weighted by atomic mass is 9.97. The van der Waals surface area contributed by atoms with E-state index >= 15 is 0 Å². The first-order valence-electron chi connectivity index (χ1n) is 7.54. The van der Waals surface area contributed by atoms with Gasteiger partial charge in [-0.15, -0.1) is 0 Å². The van der Waals surface area contributed by atoms with Crippen molar-refractivity contribution in [2.75, 3.05) is 6.54 Å². The van der Waals surface area contributed by atoms with Gasteiger partial charge in [-0.3, -0.25) is 9.69 Å². The van der Waals surface area contributed by atoms with Crippen molar-refractivity contribution in [3.63, 3.8) is 0 Å². The maximum atomic E-state index is 11.5. The average Bonchev–Trinajstić information content (AvgIpc) is 2.90. The summed E-state index contributed by atoms with van der Waals surface area (Å²) in [7, 11) is 0. The van der Waals surface area contributed by atoms with Gasteiger partial charge in [-0.2, -0.15) is 0 Å². The molecule has 1 fully saturated rings. The van der Waals surface area contributed by atoms with E-state index in [0.29, 0.717) is 6.04 Å². The fraction of sp³-hybridized carbons (Fsp3) is 0.562. The van der Waals surface area contributed by atoms with Crippen molar-refractivity contribution in [2.24, 2.45) is 11.5 Å². The summed E-state index contributed by atoms with van der Waals surface area (Å²) in [6.07, 6.45) is 4.66. The molecule has 0 heterocycles. The van der Waals surface area contributed by atoms with Gasteiger partial charge in [0.2, 0.25) is 5.91 Å². The minimum Gasteiger partial charge on any atom is -0.369 e. The predicted octanol–water partition coefficient (Wildman–Crippen LogP) is 2.57. The van der Waals surface area contributed by atoms with Crippen LogP contribution in [0.15, 0.2) is 28.7 Å². The summed E-state index contributed by atoms with van der Waals surface area (Å²) < 4.78 is 1.02. The van der Waals surface area contributed by atoms with Crippen LogP contribution in [0.2, 0.25) is 0 Å². The van der Waals surface area contributed by atoms with Crippen LogP contribution < -0.4 is 11.5 Å². The van der Waals surface area contributed by atoms with E-state index in [1.807, 2.05) is 19.1 Å². The Labute approximate surface area is 135 Å². The van der Waals surface area contributed by atoms with E-state index in [9.17, 15) is 4.79 Å². The van der Waals surface area contributed by atoms with Crippen LogP contribution >= 0.6 is 15.9 Å². The number of hydrogen-bond donors (Lipinski definition) is 2. The smallest absolute Gasteiger partial charge is 0.231 e. The SMILES string of the molecule is CC(N)C(c1cccc(Br)c1)N(CC(N)=O)C1CCCC1. The van der Waals surface area contributed by atoms with Crippen LogP contribution in [0.4, 0.5) is 0 Å². The molecule has 5 heteroatoms. The molecular formula is C16H24BrN3O. The molecule has 1 aliphatic carbocycles. The number of carbonyl (C=O) groups excluding carboxylic acids is 1. The van der Waals surface area contributed by atoms with Crippen LogP contribution in [-0.2, 0) is 4.79 Å². The van der Waals surface area contributed by atoms with Gasteiger partial charge in [0.1, 0.15) is 0 Å². The number of hydrogen-bond acceptors (Lipinski definition) is 3. The molecule has 4 N–H and O–H groups in total. The summed E-state index contributed by atoms with van der Waals surface area (Å²) in [5, 5.41) is 0. The summed E-state index contributed by atoms with van der Waals surface area (Å²) >= 11 is 3.51. The Morgan fingerprint density at radius 3 is 2.62 bits per heavy atom. The Kier molecular flexibility index (Phi) is 5.79. The van der Waals surface area contributed by atoms with Crippen LogP contribution in [0.25, 0.3) is 0 Å². The van der Waals surface area contributed by atoms with Crippen LogP contribution in [0, 0.1) is 0 Å². The highest BCUT2D eigenvalue weighted by atomic mass is 79.9. The molecule has 0 bridgehead atoms. The summed E-state index contributed by atoms with van der Waals surface area (Å²) in [5.41, 5.74) is 12.9. The third-order valence-electron chi connectivity index (χ3n) is 4.18. The molecule has 116 valence electrons. The standard InChI is InChI=1S/C16H24BrN3O/c1-11(18)16(12-5-4-6-13(17)9-12)20(10-15(19)21)14-7-2-3-8-14/h4-6,9,11,14,16H,2-3,7-8,10,18H2,1H3,(H2,19,21). The number of rotatable bonds is 6. The summed E-state index contributed by atoms with van der Waals surface area (Å²) in [6.45, 7) is 2.26. The molecule has 1 aromatic rings. The number of nitrogens with zero attached hydrogens (tertiary/aromatic N) is 1. The van der Waals surface area contributed by atoms with Gasteiger partial charge in [0.25, 0.3) is 0 Å². The monoisotopic (exact) mass is 353 g/mol. The van der Waals surface area contributed by atoms with Gasteiger partial charge in [0, 0.05) is 16.6 Å². The Morgan fingerprint density at radius 2 is 2.10 bits per heavy atom. The molecule has 1 aromatic carbocycles. The van der Waals surface area contributed by atoms with Gasteiger partial charge < -0.3 is 11.5 Å². The van der Waals surface area contributed by atoms with Gasteiger partial charge >= 0.3 is 0 Å². The van der Waals surface area contributed by atoms with Gasteiger partial charge in [0.15, 0.2) is 0 Å². The zero-order valence-electron chi connectivity index (χ0n) is 12.5. The normalized spacial score (nSPS) is 18.9. The largest absolute Gasteiger partial charge is 0.369 e. The fourth-order valence-corrected chi connectivity index (χ4v) is 3.77. The maximum absolute atomic E-state index is 11.5. The number of halogens is 1. The molecule has 0 saturated heterocycles. The third kappa shape index (κ3) is 4.28. The van der Waals surface area contributed by atoms with Crippen molar-refractivity contribution in [1.29, 1.82) is 0 Å². The average molecular weight is 354 g/mol. The second kappa shape index (κ2) is 7.38. The Hall–Kier alpha value is -0.910. The van der Waals surface area contributed by atoms with E-state index in [-0.39, 0.29) is 24.5 Å². The quantitative estimate of drug-likeness (QED) is 0.825. The van der Waals surface area contributed by atoms with Crippen molar-refractivity contribution in [3.05, 3.63) is 34.3 Å². The van der Waals surface area contributed by atoms with Crippen molar-refractivity contribution in [2.45, 2.75) is 50.7 Å². The molecule has 4 nitrogen and oxygen atoms in total. The fourth-order valence-electron chi connectivity index (χ4n) is 3.36. The highest BCUT2D eigenvalue weighted by Gasteiger charge is 2.32. The number of primary amides is 1. The van der Waals surface area contributed by atoms with Crippen LogP contribution in [0.5, 0.6) is 0 Å². The van der Waals surface area contributed by atoms with E-state index in [1.165, 1.54) is 12.8 Å². The van der Waals surface area contributed by atoms with E-state index < -0.39 is 0 Å². The molecule has 1 saturated carbocycles. The lowest BCUT2D eigenvalue weighted by Crippen LogP contribution is -2.47. The van der Waals surface area contributed by atoms with Crippen molar-refractivity contribution in [3.8, 4) is 0 Å². The van der Waals surface area contributed by atoms with Gasteiger partial charge in [-0.1, -0.05) is 40.9 Å². The molecule has 0 aromatic heterocycles. The zero-order chi connectivity index (χ0) is 15.4. The van der Waals surface area contributed by atoms with Gasteiger partial charge in [-0.25, -0.2) is 0 Å². The number of amides is 1. The second-order valence-electron chi connectivity index (χ2n) is 5.94. The first-order chi connectivity index (χ1) is 9.99. The molecule has 21 heavy (non-hydrogen) atoms. The molecule has 0 aliphatic heterocycles. The second-order valence-corrected chi connectivity index (χ2v) is 6.85. The first-order valence-corrected chi connectivity index (χ1v) is 8.33. The Bertz CT molecular complexity index is 486. The number of carbonyl (C=O) groups is 1. The minimum absolute atomic E-state index is 0.0121. The number of nitrogens with two attached hydrogens (primary N) is 2. The summed E-state index contributed by atoms with van der Waals surface area (Å²) in [4.78, 5) is 13.7. The zero-order valence-corrected chi connectivity index (χ0v) is 14.1. The minimum atomic E-state index is -0.289. The van der Waals surface area contributed by atoms with Crippen LogP contribution in [-0.4, -0.2) is 29.4 Å². The molecule has 2 unspecified atom stereocenters. The summed E-state index contributed by atoms with van der Waals surface area (Å²) in [5.74, 6) is -0.289. The Balaban J connectivity index is 2.33. The molecule has 2 rings (SSSR count). The maximum Gasteiger partial charge on any atom is 0.231 e. The van der Waals surface area contributed by atoms with E-state index in [1.54, 1.807) is 0 Å².